The minimum Gasteiger partial charge on any atom is -0.508 e. The second kappa shape index (κ2) is 7.71. The van der Waals surface area contributed by atoms with E-state index in [9.17, 15) is 5.11 Å². The molecule has 1 aromatic heterocycles. The van der Waals surface area contributed by atoms with Crippen LogP contribution in [0.15, 0.2) is 42.5 Å². The molecule has 2 aliphatic heterocycles. The highest BCUT2D eigenvalue weighted by Gasteiger charge is 2.34. The monoisotopic (exact) mass is 464 g/mol. The molecular weight excluding hydrogens is 443 g/mol. The zero-order chi connectivity index (χ0) is 22.7. The van der Waals surface area contributed by atoms with Crippen LogP contribution in [0.3, 0.4) is 0 Å². The largest absolute Gasteiger partial charge is 0.508 e. The zero-order valence-corrected chi connectivity index (χ0v) is 18.7. The summed E-state index contributed by atoms with van der Waals surface area (Å²) >= 11 is 6.48. The molecule has 2 N–H and O–H groups in total. The number of hydrogen-bond donors (Lipinski definition) is 2. The van der Waals surface area contributed by atoms with Crippen LogP contribution >= 0.6 is 11.6 Å². The normalized spacial score (nSPS) is 20.0. The summed E-state index contributed by atoms with van der Waals surface area (Å²) in [5, 5.41) is 16.4. The molecule has 0 saturated carbocycles. The summed E-state index contributed by atoms with van der Waals surface area (Å²) in [4.78, 5) is 11.3. The van der Waals surface area contributed by atoms with Crippen LogP contribution < -0.4 is 15.0 Å². The molecule has 3 aromatic carbocycles. The predicted molar refractivity (Wildman–Crippen MR) is 128 cm³/mol. The van der Waals surface area contributed by atoms with Crippen molar-refractivity contribution < 1.29 is 14.2 Å². The molecule has 0 amide bonds. The van der Waals surface area contributed by atoms with Crippen LogP contribution in [0, 0.1) is 5.82 Å². The average molecular weight is 465 g/mol. The number of benzene rings is 3. The molecule has 2 bridgehead atoms. The molecule has 2 saturated heterocycles. The lowest BCUT2D eigenvalue weighted by molar-refractivity contribution is 0.380. The van der Waals surface area contributed by atoms with Gasteiger partial charge in [0.2, 0.25) is 0 Å². The third-order valence-electron chi connectivity index (χ3n) is 6.64. The molecule has 2 atom stereocenters. The maximum atomic E-state index is 15.6. The molecule has 8 heteroatoms. The van der Waals surface area contributed by atoms with Crippen LogP contribution in [0.1, 0.15) is 12.8 Å². The molecule has 0 spiro atoms. The van der Waals surface area contributed by atoms with E-state index in [0.717, 1.165) is 31.3 Å². The third kappa shape index (κ3) is 3.43. The number of rotatable bonds is 3. The number of halogens is 2. The van der Waals surface area contributed by atoms with Gasteiger partial charge in [-0.25, -0.2) is 4.39 Å². The first-order valence-corrected chi connectivity index (χ1v) is 11.4. The van der Waals surface area contributed by atoms with Gasteiger partial charge >= 0.3 is 6.01 Å². The van der Waals surface area contributed by atoms with Gasteiger partial charge < -0.3 is 20.1 Å². The van der Waals surface area contributed by atoms with E-state index >= 15 is 4.39 Å². The molecule has 6 nitrogen and oxygen atoms in total. The molecule has 2 aliphatic rings. The van der Waals surface area contributed by atoms with Crippen molar-refractivity contribution in [3.8, 4) is 22.9 Å². The molecule has 2 unspecified atom stereocenters. The lowest BCUT2D eigenvalue weighted by atomic mass is 9.96. The van der Waals surface area contributed by atoms with E-state index in [4.69, 9.17) is 16.3 Å². The van der Waals surface area contributed by atoms with E-state index in [1.807, 2.05) is 6.07 Å². The van der Waals surface area contributed by atoms with E-state index in [2.05, 4.69) is 20.2 Å². The molecule has 33 heavy (non-hydrogen) atoms. The Balaban J connectivity index is 1.57. The number of piperazine rings is 1. The van der Waals surface area contributed by atoms with Gasteiger partial charge in [0.25, 0.3) is 0 Å². The van der Waals surface area contributed by atoms with Crippen molar-refractivity contribution >= 4 is 39.1 Å². The maximum Gasteiger partial charge on any atom is 0.318 e. The second-order valence-corrected chi connectivity index (χ2v) is 9.16. The van der Waals surface area contributed by atoms with E-state index < -0.39 is 5.82 Å². The van der Waals surface area contributed by atoms with E-state index in [1.165, 1.54) is 19.2 Å². The topological polar surface area (TPSA) is 70.5 Å². The Morgan fingerprint density at radius 1 is 1.09 bits per heavy atom. The van der Waals surface area contributed by atoms with Crippen LogP contribution in [0.5, 0.6) is 11.8 Å². The van der Waals surface area contributed by atoms with Gasteiger partial charge in [-0.15, -0.1) is 0 Å². The first-order valence-electron chi connectivity index (χ1n) is 11.0. The van der Waals surface area contributed by atoms with Crippen LogP contribution in [0.2, 0.25) is 5.02 Å². The summed E-state index contributed by atoms with van der Waals surface area (Å²) in [7, 11) is 1.53. The van der Waals surface area contributed by atoms with Gasteiger partial charge in [-0.1, -0.05) is 23.7 Å². The fourth-order valence-corrected chi connectivity index (χ4v) is 5.48. The minimum absolute atomic E-state index is 0.0384. The number of methoxy groups -OCH3 is 1. The summed E-state index contributed by atoms with van der Waals surface area (Å²) in [6.07, 6.45) is 2.26. The van der Waals surface area contributed by atoms with Gasteiger partial charge in [-0.3, -0.25) is 0 Å². The van der Waals surface area contributed by atoms with Crippen molar-refractivity contribution in [2.45, 2.75) is 24.9 Å². The number of phenols is 1. The van der Waals surface area contributed by atoms with Crippen LogP contribution in [0.4, 0.5) is 10.2 Å². The summed E-state index contributed by atoms with van der Waals surface area (Å²) in [6, 6.07) is 12.8. The van der Waals surface area contributed by atoms with Gasteiger partial charge in [0, 0.05) is 46.5 Å². The van der Waals surface area contributed by atoms with E-state index in [-0.39, 0.29) is 11.8 Å². The highest BCUT2D eigenvalue weighted by Crippen LogP contribution is 2.40. The molecule has 2 fully saturated rings. The molecule has 0 radical (unpaired) electrons. The fourth-order valence-electron chi connectivity index (χ4n) is 5.20. The van der Waals surface area contributed by atoms with Gasteiger partial charge in [-0.2, -0.15) is 9.97 Å². The maximum absolute atomic E-state index is 15.6. The number of anilines is 1. The molecule has 3 heterocycles. The Morgan fingerprint density at radius 2 is 1.88 bits per heavy atom. The van der Waals surface area contributed by atoms with Crippen molar-refractivity contribution in [1.82, 2.24) is 15.3 Å². The third-order valence-corrected chi connectivity index (χ3v) is 6.96. The lowest BCUT2D eigenvalue weighted by Gasteiger charge is -2.34. The molecular formula is C25H22ClFN4O2. The number of aromatic hydroxyl groups is 1. The fraction of sp³-hybridized carbons (Fsp3) is 0.280. The number of nitrogens with one attached hydrogen (secondary N) is 1. The molecule has 0 aliphatic carbocycles. The van der Waals surface area contributed by atoms with Crippen molar-refractivity contribution in [1.29, 1.82) is 0 Å². The van der Waals surface area contributed by atoms with Gasteiger partial charge in [0.15, 0.2) is 0 Å². The predicted octanol–water partition coefficient (Wildman–Crippen LogP) is 4.90. The molecule has 6 rings (SSSR count). The van der Waals surface area contributed by atoms with Crippen molar-refractivity contribution in [3.05, 3.63) is 53.3 Å². The van der Waals surface area contributed by atoms with Gasteiger partial charge in [-0.05, 0) is 54.1 Å². The van der Waals surface area contributed by atoms with Crippen LogP contribution in [-0.2, 0) is 0 Å². The van der Waals surface area contributed by atoms with Gasteiger partial charge in [0.05, 0.1) is 12.6 Å². The Kier molecular flexibility index (Phi) is 4.78. The number of aromatic nitrogens is 2. The first kappa shape index (κ1) is 20.4. The number of nitrogens with zero attached hydrogens (tertiary/aromatic N) is 3. The summed E-state index contributed by atoms with van der Waals surface area (Å²) < 4.78 is 21.0. The Morgan fingerprint density at radius 3 is 2.64 bits per heavy atom. The summed E-state index contributed by atoms with van der Waals surface area (Å²) in [6.45, 7) is 1.61. The standard InChI is InChI=1S/C25H22ClFN4O2/c1-33-25-29-22-10-17(18-8-16(32)7-13-3-2-4-20(26)23(13)18)21(27)9-19(22)24(30-25)31-11-14-5-6-15(12-31)28-14/h2-4,7-10,14-15,28,32H,5-6,11-12H2,1H3. The number of fused-ring (bicyclic) bond motifs is 4. The Bertz CT molecular complexity index is 1400. The van der Waals surface area contributed by atoms with Crippen molar-refractivity contribution in [3.63, 3.8) is 0 Å². The zero-order valence-electron chi connectivity index (χ0n) is 18.0. The second-order valence-electron chi connectivity index (χ2n) is 8.76. The molecule has 168 valence electrons. The van der Waals surface area contributed by atoms with Crippen molar-refractivity contribution in [2.75, 3.05) is 25.1 Å². The Labute approximate surface area is 195 Å². The number of ether oxygens (including phenoxy) is 1. The first-order chi connectivity index (χ1) is 16.0. The average Bonchev–Trinajstić information content (AvgIpc) is 3.14. The number of hydrogen-bond acceptors (Lipinski definition) is 6. The number of phenolic OH excluding ortho intramolecular Hbond substituents is 1. The molecule has 4 aromatic rings. The van der Waals surface area contributed by atoms with Gasteiger partial charge in [0.1, 0.15) is 17.4 Å². The minimum atomic E-state index is -0.428. The Hall–Kier alpha value is -3.16. The smallest absolute Gasteiger partial charge is 0.318 e. The highest BCUT2D eigenvalue weighted by atomic mass is 35.5. The van der Waals surface area contributed by atoms with Crippen molar-refractivity contribution in [2.24, 2.45) is 0 Å². The van der Waals surface area contributed by atoms with E-state index in [1.54, 1.807) is 24.3 Å². The van der Waals surface area contributed by atoms with Crippen LogP contribution in [0.25, 0.3) is 32.8 Å². The summed E-state index contributed by atoms with van der Waals surface area (Å²) in [5.74, 6) is 0.290. The van der Waals surface area contributed by atoms with Crippen LogP contribution in [-0.4, -0.2) is 47.4 Å². The SMILES string of the molecule is COc1nc(N2CC3CCC(C2)N3)c2cc(F)c(-c3cc(O)cc4cccc(Cl)c34)cc2n1. The highest BCUT2D eigenvalue weighted by molar-refractivity contribution is 6.36. The lowest BCUT2D eigenvalue weighted by Crippen LogP contribution is -2.51. The summed E-state index contributed by atoms with van der Waals surface area (Å²) in [5.41, 5.74) is 1.39. The quantitative estimate of drug-likeness (QED) is 0.449. The van der Waals surface area contributed by atoms with E-state index in [0.29, 0.717) is 50.3 Å².